The van der Waals surface area contributed by atoms with E-state index in [1.165, 1.54) is 0 Å². The molecule has 2 saturated heterocycles. The van der Waals surface area contributed by atoms with Crippen molar-refractivity contribution in [3.05, 3.63) is 0 Å². The van der Waals surface area contributed by atoms with Gasteiger partial charge < -0.3 is 14.1 Å². The van der Waals surface area contributed by atoms with E-state index in [2.05, 4.69) is 33.9 Å². The Morgan fingerprint density at radius 1 is 1.35 bits per heavy atom. The average Bonchev–Trinajstić information content (AvgIpc) is 2.65. The summed E-state index contributed by atoms with van der Waals surface area (Å²) in [6.07, 6.45) is 1.08. The number of ether oxygens (including phenoxy) is 1. The quantitative estimate of drug-likeness (QED) is 0.736. The molecule has 0 aromatic carbocycles. The molecule has 2 aliphatic heterocycles. The van der Waals surface area contributed by atoms with Gasteiger partial charge in [-0.3, -0.25) is 4.79 Å². The molecule has 2 fully saturated rings. The third kappa shape index (κ3) is 2.80. The maximum atomic E-state index is 12.4. The summed E-state index contributed by atoms with van der Waals surface area (Å²) in [5, 5.41) is 0.204. The van der Waals surface area contributed by atoms with Crippen molar-refractivity contribution in [1.82, 2.24) is 4.90 Å². The Labute approximate surface area is 123 Å². The molecule has 0 aromatic heterocycles. The number of rotatable bonds is 2. The fraction of sp³-hybridized carbons (Fsp3) is 0.933. The van der Waals surface area contributed by atoms with Crippen molar-refractivity contribution in [2.45, 2.75) is 76.9 Å². The smallest absolute Gasteiger partial charge is 0.254 e. The second kappa shape index (κ2) is 4.82. The van der Waals surface area contributed by atoms with Gasteiger partial charge in [0.2, 0.25) is 0 Å². The van der Waals surface area contributed by atoms with Crippen molar-refractivity contribution in [3.8, 4) is 0 Å². The van der Waals surface area contributed by atoms with Crippen molar-refractivity contribution in [1.29, 1.82) is 0 Å². The predicted octanol–water partition coefficient (Wildman–Crippen LogP) is 2.79. The van der Waals surface area contributed by atoms with E-state index in [-0.39, 0.29) is 23.1 Å². The molecule has 20 heavy (non-hydrogen) atoms. The lowest BCUT2D eigenvalue weighted by Gasteiger charge is -2.39. The van der Waals surface area contributed by atoms with Crippen LogP contribution in [0.15, 0.2) is 0 Å². The summed E-state index contributed by atoms with van der Waals surface area (Å²) < 4.78 is 12.2. The SMILES string of the molecule is CC1(C)OC[C@@H]2C[C@@H](O[Si](C)(C)C(C)(C)C)CN2C1=O. The minimum absolute atomic E-state index is 0.107. The highest BCUT2D eigenvalue weighted by molar-refractivity contribution is 6.74. The first-order chi connectivity index (χ1) is 8.94. The topological polar surface area (TPSA) is 38.8 Å². The Morgan fingerprint density at radius 3 is 2.50 bits per heavy atom. The minimum Gasteiger partial charge on any atom is -0.412 e. The van der Waals surface area contributed by atoms with Crippen LogP contribution in [-0.2, 0) is 14.0 Å². The summed E-state index contributed by atoms with van der Waals surface area (Å²) in [5.41, 5.74) is -0.678. The molecule has 2 heterocycles. The maximum absolute atomic E-state index is 12.4. The third-order valence-electron chi connectivity index (χ3n) is 5.06. The van der Waals surface area contributed by atoms with Gasteiger partial charge in [-0.25, -0.2) is 0 Å². The molecule has 4 nitrogen and oxygen atoms in total. The largest absolute Gasteiger partial charge is 0.412 e. The lowest BCUT2D eigenvalue weighted by Crippen LogP contribution is -2.56. The molecule has 0 N–H and O–H groups in total. The lowest BCUT2D eigenvalue weighted by molar-refractivity contribution is -0.170. The second-order valence-electron chi connectivity index (χ2n) is 8.17. The molecular formula is C15H29NO3Si. The molecule has 2 atom stereocenters. The van der Waals surface area contributed by atoms with Crippen LogP contribution >= 0.6 is 0 Å². The van der Waals surface area contributed by atoms with Gasteiger partial charge in [-0.05, 0) is 38.4 Å². The number of hydrogen-bond acceptors (Lipinski definition) is 3. The molecule has 0 aliphatic carbocycles. The molecule has 1 amide bonds. The van der Waals surface area contributed by atoms with Gasteiger partial charge in [0.05, 0.1) is 18.8 Å². The van der Waals surface area contributed by atoms with Crippen LogP contribution in [-0.4, -0.2) is 50.0 Å². The zero-order valence-electron chi connectivity index (χ0n) is 13.9. The van der Waals surface area contributed by atoms with Gasteiger partial charge in [-0.15, -0.1) is 0 Å². The Hall–Kier alpha value is -0.393. The number of carbonyl (C=O) groups excluding carboxylic acids is 1. The van der Waals surface area contributed by atoms with Gasteiger partial charge in [-0.2, -0.15) is 0 Å². The molecule has 0 bridgehead atoms. The summed E-state index contributed by atoms with van der Waals surface area (Å²) >= 11 is 0. The molecular weight excluding hydrogens is 270 g/mol. The fourth-order valence-electron chi connectivity index (χ4n) is 2.67. The van der Waals surface area contributed by atoms with E-state index in [4.69, 9.17) is 9.16 Å². The summed E-state index contributed by atoms with van der Waals surface area (Å²) in [4.78, 5) is 14.4. The first-order valence-electron chi connectivity index (χ1n) is 7.57. The molecule has 5 heteroatoms. The van der Waals surface area contributed by atoms with E-state index >= 15 is 0 Å². The zero-order valence-corrected chi connectivity index (χ0v) is 14.9. The van der Waals surface area contributed by atoms with Crippen LogP contribution in [0.1, 0.15) is 41.0 Å². The van der Waals surface area contributed by atoms with Crippen LogP contribution in [0, 0.1) is 0 Å². The highest BCUT2D eigenvalue weighted by atomic mass is 28.4. The van der Waals surface area contributed by atoms with E-state index in [9.17, 15) is 4.79 Å². The Bertz CT molecular complexity index is 400. The van der Waals surface area contributed by atoms with Crippen molar-refractivity contribution in [2.75, 3.05) is 13.2 Å². The molecule has 0 radical (unpaired) electrons. The monoisotopic (exact) mass is 299 g/mol. The molecule has 116 valence electrons. The van der Waals surface area contributed by atoms with Crippen LogP contribution in [0.4, 0.5) is 0 Å². The van der Waals surface area contributed by atoms with Crippen LogP contribution in [0.2, 0.25) is 18.1 Å². The first-order valence-corrected chi connectivity index (χ1v) is 10.5. The minimum atomic E-state index is -1.77. The van der Waals surface area contributed by atoms with Crippen LogP contribution in [0.25, 0.3) is 0 Å². The van der Waals surface area contributed by atoms with Crippen molar-refractivity contribution >= 4 is 14.2 Å². The van der Waals surface area contributed by atoms with Crippen molar-refractivity contribution in [3.63, 3.8) is 0 Å². The van der Waals surface area contributed by atoms with Gasteiger partial charge in [-0.1, -0.05) is 20.8 Å². The summed E-state index contributed by atoms with van der Waals surface area (Å²) in [7, 11) is -1.77. The number of fused-ring (bicyclic) bond motifs is 1. The molecule has 0 spiro atoms. The standard InChI is InChI=1S/C15H29NO3Si/c1-14(2,3)20(6,7)19-12-8-11-10-18-15(4,5)13(17)16(11)9-12/h11-12H,8-10H2,1-7H3/t11-,12+/m0/s1. The number of morpholine rings is 1. The predicted molar refractivity (Wildman–Crippen MR) is 82.2 cm³/mol. The van der Waals surface area contributed by atoms with E-state index in [1.807, 2.05) is 18.7 Å². The number of nitrogens with zero attached hydrogens (tertiary/aromatic N) is 1. The number of amides is 1. The van der Waals surface area contributed by atoms with E-state index in [1.54, 1.807) is 0 Å². The van der Waals surface area contributed by atoms with Gasteiger partial charge in [0.1, 0.15) is 5.60 Å². The van der Waals surface area contributed by atoms with Crippen LogP contribution in [0.3, 0.4) is 0 Å². The van der Waals surface area contributed by atoms with E-state index in [0.717, 1.165) is 13.0 Å². The van der Waals surface area contributed by atoms with Gasteiger partial charge in [0, 0.05) is 6.54 Å². The summed E-state index contributed by atoms with van der Waals surface area (Å²) in [5.74, 6) is 0.107. The van der Waals surface area contributed by atoms with Crippen LogP contribution in [0.5, 0.6) is 0 Å². The number of hydrogen-bond donors (Lipinski definition) is 0. The highest BCUT2D eigenvalue weighted by Crippen LogP contribution is 2.39. The van der Waals surface area contributed by atoms with Crippen molar-refractivity contribution < 1.29 is 14.0 Å². The fourth-order valence-corrected chi connectivity index (χ4v) is 4.03. The molecule has 2 rings (SSSR count). The number of carbonyl (C=O) groups is 1. The molecule has 0 aromatic rings. The Morgan fingerprint density at radius 2 is 1.95 bits per heavy atom. The first kappa shape index (κ1) is 16.0. The molecule has 0 unspecified atom stereocenters. The zero-order chi connectivity index (χ0) is 15.3. The Kier molecular flexibility index (Phi) is 3.85. The normalized spacial score (nSPS) is 30.6. The average molecular weight is 299 g/mol. The summed E-state index contributed by atoms with van der Waals surface area (Å²) in [6.45, 7) is 16.4. The van der Waals surface area contributed by atoms with Gasteiger partial charge in [0.25, 0.3) is 5.91 Å². The van der Waals surface area contributed by atoms with Crippen LogP contribution < -0.4 is 0 Å². The molecule has 0 saturated carbocycles. The molecule has 2 aliphatic rings. The second-order valence-corrected chi connectivity index (χ2v) is 12.9. The Balaban J connectivity index is 2.05. The summed E-state index contributed by atoms with van der Waals surface area (Å²) in [6, 6.07) is 0.199. The maximum Gasteiger partial charge on any atom is 0.254 e. The van der Waals surface area contributed by atoms with Gasteiger partial charge in [0.15, 0.2) is 8.32 Å². The highest BCUT2D eigenvalue weighted by Gasteiger charge is 2.49. The third-order valence-corrected chi connectivity index (χ3v) is 9.59. The van der Waals surface area contributed by atoms with Crippen molar-refractivity contribution in [2.24, 2.45) is 0 Å². The van der Waals surface area contributed by atoms with E-state index in [0.29, 0.717) is 6.61 Å². The lowest BCUT2D eigenvalue weighted by atomic mass is 10.0. The van der Waals surface area contributed by atoms with Gasteiger partial charge >= 0.3 is 0 Å². The van der Waals surface area contributed by atoms with E-state index < -0.39 is 13.9 Å².